The Morgan fingerprint density at radius 3 is 2.50 bits per heavy atom. The summed E-state index contributed by atoms with van der Waals surface area (Å²) in [5.41, 5.74) is 0.282. The summed E-state index contributed by atoms with van der Waals surface area (Å²) in [5.74, 6) is -0.0799. The summed E-state index contributed by atoms with van der Waals surface area (Å²) < 4.78 is 0. The molecule has 2 rings (SSSR count). The number of hydrogen-bond donors (Lipinski definition) is 1. The van der Waals surface area contributed by atoms with E-state index in [0.29, 0.717) is 16.7 Å². The van der Waals surface area contributed by atoms with Crippen LogP contribution in [0.25, 0.3) is 10.8 Å². The van der Waals surface area contributed by atoms with Crippen LogP contribution in [0.1, 0.15) is 10.4 Å². The van der Waals surface area contributed by atoms with E-state index in [1.807, 2.05) is 12.1 Å². The van der Waals surface area contributed by atoms with E-state index in [-0.39, 0.29) is 11.3 Å². The normalized spacial score (nSPS) is 10.4. The maximum atomic E-state index is 10.7. The van der Waals surface area contributed by atoms with E-state index < -0.39 is 0 Å². The van der Waals surface area contributed by atoms with E-state index in [2.05, 4.69) is 0 Å². The Labute approximate surface area is 85.7 Å². The minimum Gasteiger partial charge on any atom is -0.507 e. The molecule has 0 saturated heterocycles. The van der Waals surface area contributed by atoms with Gasteiger partial charge in [-0.3, -0.25) is 4.79 Å². The van der Waals surface area contributed by atoms with Gasteiger partial charge < -0.3 is 5.11 Å². The maximum absolute atomic E-state index is 10.7. The molecule has 2 nitrogen and oxygen atoms in total. The molecule has 0 fully saturated rings. The van der Waals surface area contributed by atoms with E-state index in [0.717, 1.165) is 5.39 Å². The molecular formula is C11H7ClO2. The summed E-state index contributed by atoms with van der Waals surface area (Å²) in [5, 5.41) is 11.4. The summed E-state index contributed by atoms with van der Waals surface area (Å²) in [7, 11) is 0. The standard InChI is InChI=1S/C11H7ClO2/c12-10-5-11(14)9(6-13)7-3-1-2-4-8(7)10/h1-6,14H. The Kier molecular flexibility index (Phi) is 2.14. The molecule has 0 atom stereocenters. The molecule has 0 aliphatic rings. The number of aromatic hydroxyl groups is 1. The van der Waals surface area contributed by atoms with Crippen molar-refractivity contribution in [3.05, 3.63) is 40.9 Å². The van der Waals surface area contributed by atoms with Crippen molar-refractivity contribution in [1.82, 2.24) is 0 Å². The molecule has 0 aromatic heterocycles. The Hall–Kier alpha value is -1.54. The van der Waals surface area contributed by atoms with Crippen LogP contribution in [0, 0.1) is 0 Å². The first-order valence-electron chi connectivity index (χ1n) is 4.09. The molecule has 2 aromatic rings. The Morgan fingerprint density at radius 2 is 1.86 bits per heavy atom. The highest BCUT2D eigenvalue weighted by molar-refractivity contribution is 6.36. The molecule has 1 N–H and O–H groups in total. The zero-order valence-electron chi connectivity index (χ0n) is 7.20. The topological polar surface area (TPSA) is 37.3 Å². The molecule has 0 aliphatic heterocycles. The van der Waals surface area contributed by atoms with Crippen LogP contribution in [0.4, 0.5) is 0 Å². The highest BCUT2D eigenvalue weighted by Crippen LogP contribution is 2.31. The van der Waals surface area contributed by atoms with Gasteiger partial charge in [0, 0.05) is 5.39 Å². The van der Waals surface area contributed by atoms with Crippen LogP contribution in [0.5, 0.6) is 5.75 Å². The van der Waals surface area contributed by atoms with Crippen LogP contribution < -0.4 is 0 Å². The Bertz CT molecular complexity index is 506. The number of aldehydes is 1. The molecule has 14 heavy (non-hydrogen) atoms. The molecule has 2 aromatic carbocycles. The first-order valence-corrected chi connectivity index (χ1v) is 4.47. The van der Waals surface area contributed by atoms with Crippen LogP contribution in [0.2, 0.25) is 5.02 Å². The van der Waals surface area contributed by atoms with Crippen molar-refractivity contribution in [1.29, 1.82) is 0 Å². The van der Waals surface area contributed by atoms with Gasteiger partial charge in [0.1, 0.15) is 5.75 Å². The van der Waals surface area contributed by atoms with Gasteiger partial charge in [0.15, 0.2) is 6.29 Å². The van der Waals surface area contributed by atoms with Crippen LogP contribution in [-0.2, 0) is 0 Å². The van der Waals surface area contributed by atoms with Gasteiger partial charge in [-0.05, 0) is 11.5 Å². The second-order valence-corrected chi connectivity index (χ2v) is 3.36. The third-order valence-electron chi connectivity index (χ3n) is 2.13. The summed E-state index contributed by atoms with van der Waals surface area (Å²) in [4.78, 5) is 10.7. The number of halogens is 1. The SMILES string of the molecule is O=Cc1c(O)cc(Cl)c2ccccc12. The lowest BCUT2D eigenvalue weighted by molar-refractivity contribution is 0.112. The predicted octanol–water partition coefficient (Wildman–Crippen LogP) is 3.01. The third-order valence-corrected chi connectivity index (χ3v) is 2.44. The molecule has 3 heteroatoms. The third kappa shape index (κ3) is 1.24. The minimum atomic E-state index is -0.0799. The van der Waals surface area contributed by atoms with Crippen molar-refractivity contribution in [2.75, 3.05) is 0 Å². The van der Waals surface area contributed by atoms with Gasteiger partial charge >= 0.3 is 0 Å². The molecule has 0 spiro atoms. The van der Waals surface area contributed by atoms with Crippen molar-refractivity contribution < 1.29 is 9.90 Å². The van der Waals surface area contributed by atoms with Gasteiger partial charge in [-0.15, -0.1) is 0 Å². The minimum absolute atomic E-state index is 0.0799. The van der Waals surface area contributed by atoms with Gasteiger partial charge in [0.2, 0.25) is 0 Å². The highest BCUT2D eigenvalue weighted by atomic mass is 35.5. The number of phenolic OH excluding ortho intramolecular Hbond substituents is 1. The van der Waals surface area contributed by atoms with Gasteiger partial charge in [-0.1, -0.05) is 35.9 Å². The Balaban J connectivity index is 2.97. The zero-order valence-corrected chi connectivity index (χ0v) is 7.95. The molecule has 0 amide bonds. The summed E-state index contributed by atoms with van der Waals surface area (Å²) in [6.07, 6.45) is 0.633. The average molecular weight is 207 g/mol. The lowest BCUT2D eigenvalue weighted by Gasteiger charge is -2.04. The van der Waals surface area contributed by atoms with Crippen LogP contribution in [0.15, 0.2) is 30.3 Å². The van der Waals surface area contributed by atoms with Gasteiger partial charge in [0.05, 0.1) is 10.6 Å². The monoisotopic (exact) mass is 206 g/mol. The molecule has 0 heterocycles. The van der Waals surface area contributed by atoms with Crippen molar-refractivity contribution >= 4 is 28.7 Å². The van der Waals surface area contributed by atoms with E-state index in [1.165, 1.54) is 6.07 Å². The van der Waals surface area contributed by atoms with Crippen LogP contribution in [0.3, 0.4) is 0 Å². The van der Waals surface area contributed by atoms with Crippen molar-refractivity contribution in [3.63, 3.8) is 0 Å². The van der Waals surface area contributed by atoms with Gasteiger partial charge in [-0.25, -0.2) is 0 Å². The first kappa shape index (κ1) is 9.03. The molecule has 0 saturated carbocycles. The fourth-order valence-electron chi connectivity index (χ4n) is 1.46. The van der Waals surface area contributed by atoms with E-state index in [9.17, 15) is 9.90 Å². The number of benzene rings is 2. The summed E-state index contributed by atoms with van der Waals surface area (Å²) in [6, 6.07) is 8.58. The molecular weight excluding hydrogens is 200 g/mol. The Morgan fingerprint density at radius 1 is 1.21 bits per heavy atom. The predicted molar refractivity (Wildman–Crippen MR) is 56.0 cm³/mol. The molecule has 0 unspecified atom stereocenters. The number of hydrogen-bond acceptors (Lipinski definition) is 2. The largest absolute Gasteiger partial charge is 0.507 e. The van der Waals surface area contributed by atoms with Gasteiger partial charge in [0.25, 0.3) is 0 Å². The second-order valence-electron chi connectivity index (χ2n) is 2.95. The molecule has 0 aliphatic carbocycles. The second kappa shape index (κ2) is 3.31. The van der Waals surface area contributed by atoms with Crippen molar-refractivity contribution in [3.8, 4) is 5.75 Å². The van der Waals surface area contributed by atoms with E-state index in [4.69, 9.17) is 11.6 Å². The van der Waals surface area contributed by atoms with Crippen LogP contribution in [-0.4, -0.2) is 11.4 Å². The fourth-order valence-corrected chi connectivity index (χ4v) is 1.73. The maximum Gasteiger partial charge on any atom is 0.154 e. The smallest absolute Gasteiger partial charge is 0.154 e. The zero-order chi connectivity index (χ0) is 10.1. The van der Waals surface area contributed by atoms with Crippen molar-refractivity contribution in [2.24, 2.45) is 0 Å². The number of rotatable bonds is 1. The number of carbonyl (C=O) groups is 1. The summed E-state index contributed by atoms with van der Waals surface area (Å²) in [6.45, 7) is 0. The van der Waals surface area contributed by atoms with Crippen LogP contribution >= 0.6 is 11.6 Å². The summed E-state index contributed by atoms with van der Waals surface area (Å²) >= 11 is 5.92. The van der Waals surface area contributed by atoms with Crippen molar-refractivity contribution in [2.45, 2.75) is 0 Å². The highest BCUT2D eigenvalue weighted by Gasteiger charge is 2.08. The van der Waals surface area contributed by atoms with E-state index in [1.54, 1.807) is 12.1 Å². The molecule has 70 valence electrons. The fraction of sp³-hybridized carbons (Fsp3) is 0. The average Bonchev–Trinajstić information content (AvgIpc) is 2.18. The lowest BCUT2D eigenvalue weighted by atomic mass is 10.0. The van der Waals surface area contributed by atoms with Gasteiger partial charge in [-0.2, -0.15) is 0 Å². The number of fused-ring (bicyclic) bond motifs is 1. The quantitative estimate of drug-likeness (QED) is 0.729. The molecule has 0 radical (unpaired) electrons. The molecule has 0 bridgehead atoms. The number of phenols is 1. The first-order chi connectivity index (χ1) is 6.74. The van der Waals surface area contributed by atoms with E-state index >= 15 is 0 Å². The number of carbonyl (C=O) groups excluding carboxylic acids is 1. The lowest BCUT2D eigenvalue weighted by Crippen LogP contribution is -1.85.